The molecule has 31 heavy (non-hydrogen) atoms. The van der Waals surface area contributed by atoms with Crippen molar-refractivity contribution >= 4 is 0 Å². The van der Waals surface area contributed by atoms with E-state index < -0.39 is 0 Å². The fraction of sp³-hybridized carbons (Fsp3) is 0.333. The van der Waals surface area contributed by atoms with Gasteiger partial charge in [0.15, 0.2) is 0 Å². The molecular weight excluding hydrogens is 389 g/mol. The van der Waals surface area contributed by atoms with E-state index in [2.05, 4.69) is 17.0 Å². The molecule has 0 saturated carbocycles. The van der Waals surface area contributed by atoms with Gasteiger partial charge in [0, 0.05) is 6.54 Å². The highest BCUT2D eigenvalue weighted by Gasteiger charge is 2.19. The van der Waals surface area contributed by atoms with Gasteiger partial charge in [-0.25, -0.2) is 4.39 Å². The molecule has 4 heteroatoms. The Kier molecular flexibility index (Phi) is 7.56. The van der Waals surface area contributed by atoms with Gasteiger partial charge in [0.05, 0.1) is 0 Å². The monoisotopic (exact) mass is 419 g/mol. The molecule has 0 radical (unpaired) electrons. The van der Waals surface area contributed by atoms with E-state index in [1.54, 1.807) is 12.1 Å². The first kappa shape index (κ1) is 21.4. The smallest absolute Gasteiger partial charge is 0.123 e. The van der Waals surface area contributed by atoms with Gasteiger partial charge < -0.3 is 9.47 Å². The van der Waals surface area contributed by atoms with Crippen LogP contribution in [0.5, 0.6) is 11.5 Å². The van der Waals surface area contributed by atoms with Gasteiger partial charge in [-0.1, -0.05) is 42.5 Å². The molecule has 3 aromatic carbocycles. The summed E-state index contributed by atoms with van der Waals surface area (Å²) in [6.45, 7) is 4.39. The summed E-state index contributed by atoms with van der Waals surface area (Å²) in [6.07, 6.45) is 3.42. The van der Waals surface area contributed by atoms with Crippen molar-refractivity contribution in [3.63, 3.8) is 0 Å². The first-order chi connectivity index (χ1) is 15.2. The lowest BCUT2D eigenvalue weighted by atomic mass is 9.90. The summed E-state index contributed by atoms with van der Waals surface area (Å²) >= 11 is 0. The molecule has 162 valence electrons. The van der Waals surface area contributed by atoms with Crippen molar-refractivity contribution in [2.45, 2.75) is 25.9 Å². The van der Waals surface area contributed by atoms with E-state index in [1.165, 1.54) is 18.4 Å². The fourth-order valence-corrected chi connectivity index (χ4v) is 4.03. The molecule has 0 unspecified atom stereocenters. The SMILES string of the molecule is Fc1ccc(CC2CCN(CCOc3ccc(OCc4ccccc4)cc3)CC2)cc1. The van der Waals surface area contributed by atoms with Crippen LogP contribution >= 0.6 is 0 Å². The van der Waals surface area contributed by atoms with E-state index >= 15 is 0 Å². The van der Waals surface area contributed by atoms with Crippen LogP contribution in [0.15, 0.2) is 78.9 Å². The maximum absolute atomic E-state index is 13.1. The molecule has 0 amide bonds. The van der Waals surface area contributed by atoms with Crippen LogP contribution in [0.3, 0.4) is 0 Å². The van der Waals surface area contributed by atoms with Crippen LogP contribution < -0.4 is 9.47 Å². The molecule has 3 aromatic rings. The number of piperidine rings is 1. The highest BCUT2D eigenvalue weighted by Crippen LogP contribution is 2.22. The minimum atomic E-state index is -0.159. The van der Waals surface area contributed by atoms with E-state index in [-0.39, 0.29) is 5.82 Å². The number of benzene rings is 3. The topological polar surface area (TPSA) is 21.7 Å². The van der Waals surface area contributed by atoms with E-state index in [0.717, 1.165) is 43.1 Å². The second kappa shape index (κ2) is 11.0. The highest BCUT2D eigenvalue weighted by atomic mass is 19.1. The first-order valence-corrected chi connectivity index (χ1v) is 11.1. The second-order valence-corrected chi connectivity index (χ2v) is 8.21. The van der Waals surface area contributed by atoms with Crippen LogP contribution in [-0.4, -0.2) is 31.1 Å². The minimum absolute atomic E-state index is 0.159. The number of nitrogens with zero attached hydrogens (tertiary/aromatic N) is 1. The Morgan fingerprint density at radius 1 is 0.742 bits per heavy atom. The van der Waals surface area contributed by atoms with Crippen LogP contribution in [0.2, 0.25) is 0 Å². The van der Waals surface area contributed by atoms with Gasteiger partial charge in [-0.15, -0.1) is 0 Å². The average Bonchev–Trinajstić information content (AvgIpc) is 2.82. The number of ether oxygens (including phenoxy) is 2. The van der Waals surface area contributed by atoms with Crippen LogP contribution in [0.4, 0.5) is 4.39 Å². The largest absolute Gasteiger partial charge is 0.492 e. The maximum atomic E-state index is 13.1. The summed E-state index contributed by atoms with van der Waals surface area (Å²) in [5.41, 5.74) is 2.39. The van der Waals surface area contributed by atoms with Gasteiger partial charge in [-0.3, -0.25) is 4.90 Å². The Hall–Kier alpha value is -2.85. The lowest BCUT2D eigenvalue weighted by Crippen LogP contribution is -2.37. The third kappa shape index (κ3) is 6.83. The summed E-state index contributed by atoms with van der Waals surface area (Å²) in [5.74, 6) is 2.25. The lowest BCUT2D eigenvalue weighted by molar-refractivity contribution is 0.155. The van der Waals surface area contributed by atoms with Crippen LogP contribution in [-0.2, 0) is 13.0 Å². The minimum Gasteiger partial charge on any atom is -0.492 e. The molecule has 0 atom stereocenters. The molecule has 0 spiro atoms. The first-order valence-electron chi connectivity index (χ1n) is 11.1. The van der Waals surface area contributed by atoms with Crippen LogP contribution in [0.25, 0.3) is 0 Å². The van der Waals surface area contributed by atoms with Crippen LogP contribution in [0, 0.1) is 11.7 Å². The van der Waals surface area contributed by atoms with E-state index in [0.29, 0.717) is 19.1 Å². The zero-order valence-corrected chi connectivity index (χ0v) is 17.9. The van der Waals surface area contributed by atoms with E-state index in [1.807, 2.05) is 54.6 Å². The molecular formula is C27H30FNO2. The molecule has 0 bridgehead atoms. The van der Waals surface area contributed by atoms with Gasteiger partial charge in [0.2, 0.25) is 0 Å². The zero-order valence-electron chi connectivity index (χ0n) is 17.9. The van der Waals surface area contributed by atoms with Crippen molar-refractivity contribution in [2.24, 2.45) is 5.92 Å². The quantitative estimate of drug-likeness (QED) is 0.442. The molecule has 3 nitrogen and oxygen atoms in total. The van der Waals surface area contributed by atoms with Gasteiger partial charge in [-0.2, -0.15) is 0 Å². The normalized spacial score (nSPS) is 15.0. The predicted octanol–water partition coefficient (Wildman–Crippen LogP) is 5.74. The van der Waals surface area contributed by atoms with Gasteiger partial charge in [-0.05, 0) is 85.8 Å². The highest BCUT2D eigenvalue weighted by molar-refractivity contribution is 5.31. The van der Waals surface area contributed by atoms with Crippen molar-refractivity contribution in [1.82, 2.24) is 4.90 Å². The second-order valence-electron chi connectivity index (χ2n) is 8.21. The summed E-state index contributed by atoms with van der Waals surface area (Å²) in [4.78, 5) is 2.47. The Bertz CT molecular complexity index is 904. The third-order valence-corrected chi connectivity index (χ3v) is 5.89. The lowest BCUT2D eigenvalue weighted by Gasteiger charge is -2.31. The molecule has 0 N–H and O–H groups in total. The molecule has 1 saturated heterocycles. The molecule has 1 aliphatic rings. The number of hydrogen-bond acceptors (Lipinski definition) is 3. The molecule has 1 aliphatic heterocycles. The molecule has 0 aromatic heterocycles. The number of rotatable bonds is 9. The van der Waals surface area contributed by atoms with Gasteiger partial charge in [0.25, 0.3) is 0 Å². The van der Waals surface area contributed by atoms with Crippen molar-refractivity contribution in [3.8, 4) is 11.5 Å². The molecule has 0 aliphatic carbocycles. The predicted molar refractivity (Wildman–Crippen MR) is 122 cm³/mol. The summed E-state index contributed by atoms with van der Waals surface area (Å²) in [7, 11) is 0. The Labute approximate surface area is 184 Å². The molecule has 1 fully saturated rings. The Balaban J connectivity index is 1.13. The van der Waals surface area contributed by atoms with Crippen molar-refractivity contribution in [1.29, 1.82) is 0 Å². The van der Waals surface area contributed by atoms with Crippen molar-refractivity contribution in [3.05, 3.63) is 95.8 Å². The van der Waals surface area contributed by atoms with Crippen molar-refractivity contribution < 1.29 is 13.9 Å². The average molecular weight is 420 g/mol. The van der Waals surface area contributed by atoms with Crippen molar-refractivity contribution in [2.75, 3.05) is 26.2 Å². The van der Waals surface area contributed by atoms with E-state index in [4.69, 9.17) is 9.47 Å². The van der Waals surface area contributed by atoms with Gasteiger partial charge in [0.1, 0.15) is 30.5 Å². The maximum Gasteiger partial charge on any atom is 0.123 e. The number of likely N-dealkylation sites (tertiary alicyclic amines) is 1. The molecule has 1 heterocycles. The third-order valence-electron chi connectivity index (χ3n) is 5.89. The number of hydrogen-bond donors (Lipinski definition) is 0. The van der Waals surface area contributed by atoms with Gasteiger partial charge >= 0.3 is 0 Å². The summed E-state index contributed by atoms with van der Waals surface area (Å²) in [5, 5.41) is 0. The standard InChI is InChI=1S/C27H30FNO2/c28-25-8-6-22(7-9-25)20-23-14-16-29(17-15-23)18-19-30-26-10-12-27(13-11-26)31-21-24-4-2-1-3-5-24/h1-13,23H,14-21H2. The fourth-order valence-electron chi connectivity index (χ4n) is 4.03. The summed E-state index contributed by atoms with van der Waals surface area (Å²) in [6, 6.07) is 24.9. The Morgan fingerprint density at radius 3 is 2.06 bits per heavy atom. The summed E-state index contributed by atoms with van der Waals surface area (Å²) < 4.78 is 24.8. The van der Waals surface area contributed by atoms with Crippen LogP contribution in [0.1, 0.15) is 24.0 Å². The molecule has 4 rings (SSSR count). The Morgan fingerprint density at radius 2 is 1.39 bits per heavy atom. The zero-order chi connectivity index (χ0) is 21.3. The van der Waals surface area contributed by atoms with E-state index in [9.17, 15) is 4.39 Å². The number of halogens is 1.